The Balaban J connectivity index is 1.59. The molecule has 0 aromatic heterocycles. The smallest absolute Gasteiger partial charge is 0.225 e. The Hall–Kier alpha value is -0.790. The molecular formula is C19H31NO. The van der Waals surface area contributed by atoms with Gasteiger partial charge in [0.1, 0.15) is 0 Å². The molecule has 21 heavy (non-hydrogen) atoms. The van der Waals surface area contributed by atoms with E-state index in [0.717, 1.165) is 31.2 Å². The number of allylic oxidation sites excluding steroid dienone is 2. The van der Waals surface area contributed by atoms with E-state index in [1.165, 1.54) is 25.7 Å². The topological polar surface area (TPSA) is 20.3 Å². The molecule has 0 bridgehead atoms. The maximum atomic E-state index is 12.5. The molecule has 0 aromatic carbocycles. The molecule has 0 saturated heterocycles. The number of nitrogens with zero attached hydrogens (tertiary/aromatic N) is 1. The minimum atomic E-state index is 0.358. The standard InChI is InChI=1S/C19H31NO/c1-13(2)20(18(21)15-7-8-15)12-17-11-19(17,4)16-9-5-14(3)6-10-16/h5,13,15-17H,6-12H2,1-4H3. The molecule has 0 radical (unpaired) electrons. The maximum absolute atomic E-state index is 12.5. The average Bonchev–Trinajstić information content (AvgIpc) is 3.32. The SMILES string of the molecule is CC1=CCC(C2(C)CC2CN(C(=O)C2CC2)C(C)C)CC1. The first-order valence-corrected chi connectivity index (χ1v) is 8.88. The van der Waals surface area contributed by atoms with Gasteiger partial charge in [-0.2, -0.15) is 0 Å². The van der Waals surface area contributed by atoms with Crippen LogP contribution in [-0.4, -0.2) is 23.4 Å². The molecule has 2 fully saturated rings. The number of carbonyl (C=O) groups is 1. The van der Waals surface area contributed by atoms with E-state index in [9.17, 15) is 4.79 Å². The molecule has 2 nitrogen and oxygen atoms in total. The minimum Gasteiger partial charge on any atom is -0.340 e. The first-order chi connectivity index (χ1) is 9.91. The second-order valence-electron chi connectivity index (χ2n) is 8.29. The summed E-state index contributed by atoms with van der Waals surface area (Å²) in [6, 6.07) is 0.358. The van der Waals surface area contributed by atoms with Crippen molar-refractivity contribution >= 4 is 5.91 Å². The van der Waals surface area contributed by atoms with E-state index in [0.29, 0.717) is 23.3 Å². The molecule has 3 atom stereocenters. The van der Waals surface area contributed by atoms with Crippen molar-refractivity contribution in [1.29, 1.82) is 0 Å². The zero-order valence-corrected chi connectivity index (χ0v) is 14.2. The first-order valence-electron chi connectivity index (χ1n) is 8.88. The van der Waals surface area contributed by atoms with Crippen LogP contribution >= 0.6 is 0 Å². The molecule has 3 aliphatic rings. The van der Waals surface area contributed by atoms with Crippen molar-refractivity contribution in [2.45, 2.75) is 72.3 Å². The fraction of sp³-hybridized carbons (Fsp3) is 0.842. The molecule has 2 saturated carbocycles. The van der Waals surface area contributed by atoms with Crippen LogP contribution in [0.2, 0.25) is 0 Å². The summed E-state index contributed by atoms with van der Waals surface area (Å²) in [5, 5.41) is 0. The monoisotopic (exact) mass is 289 g/mol. The zero-order valence-electron chi connectivity index (χ0n) is 14.2. The molecule has 0 spiro atoms. The van der Waals surface area contributed by atoms with Crippen molar-refractivity contribution in [3.8, 4) is 0 Å². The van der Waals surface area contributed by atoms with E-state index < -0.39 is 0 Å². The Bertz CT molecular complexity index is 448. The minimum absolute atomic E-state index is 0.358. The van der Waals surface area contributed by atoms with Gasteiger partial charge in [0.15, 0.2) is 0 Å². The number of hydrogen-bond acceptors (Lipinski definition) is 1. The Labute approximate surface area is 130 Å². The quantitative estimate of drug-likeness (QED) is 0.687. The molecule has 118 valence electrons. The molecule has 2 heteroatoms. The van der Waals surface area contributed by atoms with Gasteiger partial charge in [-0.1, -0.05) is 18.6 Å². The largest absolute Gasteiger partial charge is 0.340 e. The lowest BCUT2D eigenvalue weighted by Crippen LogP contribution is -2.40. The third-order valence-electron chi connectivity index (χ3n) is 6.28. The summed E-state index contributed by atoms with van der Waals surface area (Å²) in [6.45, 7) is 10.1. The molecular weight excluding hydrogens is 258 g/mol. The van der Waals surface area contributed by atoms with Gasteiger partial charge in [0, 0.05) is 18.5 Å². The zero-order chi connectivity index (χ0) is 15.2. The van der Waals surface area contributed by atoms with Crippen LogP contribution in [0.3, 0.4) is 0 Å². The Morgan fingerprint density at radius 3 is 2.62 bits per heavy atom. The molecule has 0 heterocycles. The van der Waals surface area contributed by atoms with E-state index in [4.69, 9.17) is 0 Å². The van der Waals surface area contributed by atoms with Crippen LogP contribution in [0.4, 0.5) is 0 Å². The molecule has 3 rings (SSSR count). The van der Waals surface area contributed by atoms with Crippen molar-refractivity contribution < 1.29 is 4.79 Å². The van der Waals surface area contributed by atoms with Crippen molar-refractivity contribution in [2.75, 3.05) is 6.54 Å². The second kappa shape index (κ2) is 5.44. The van der Waals surface area contributed by atoms with Crippen LogP contribution in [0.5, 0.6) is 0 Å². The number of rotatable bonds is 5. The van der Waals surface area contributed by atoms with Crippen LogP contribution < -0.4 is 0 Å². The first kappa shape index (κ1) is 15.1. The van der Waals surface area contributed by atoms with Gasteiger partial charge in [-0.15, -0.1) is 0 Å². The highest BCUT2D eigenvalue weighted by Gasteiger charge is 2.55. The summed E-state index contributed by atoms with van der Waals surface area (Å²) in [5.74, 6) is 2.37. The second-order valence-corrected chi connectivity index (χ2v) is 8.29. The molecule has 1 amide bonds. The van der Waals surface area contributed by atoms with Crippen LogP contribution in [0.15, 0.2) is 11.6 Å². The van der Waals surface area contributed by atoms with Crippen molar-refractivity contribution in [3.63, 3.8) is 0 Å². The summed E-state index contributed by atoms with van der Waals surface area (Å²) >= 11 is 0. The van der Waals surface area contributed by atoms with Crippen molar-refractivity contribution in [1.82, 2.24) is 4.90 Å². The number of carbonyl (C=O) groups excluding carboxylic acids is 1. The van der Waals surface area contributed by atoms with Gasteiger partial charge in [0.2, 0.25) is 5.91 Å². The van der Waals surface area contributed by atoms with E-state index in [1.54, 1.807) is 5.57 Å². The summed E-state index contributed by atoms with van der Waals surface area (Å²) in [7, 11) is 0. The Morgan fingerprint density at radius 1 is 1.38 bits per heavy atom. The van der Waals surface area contributed by atoms with Crippen molar-refractivity contribution in [3.05, 3.63) is 11.6 Å². The molecule has 0 aliphatic heterocycles. The van der Waals surface area contributed by atoms with Crippen molar-refractivity contribution in [2.24, 2.45) is 23.2 Å². The summed E-state index contributed by atoms with van der Waals surface area (Å²) in [4.78, 5) is 14.6. The van der Waals surface area contributed by atoms with Gasteiger partial charge in [0.25, 0.3) is 0 Å². The van der Waals surface area contributed by atoms with E-state index >= 15 is 0 Å². The van der Waals surface area contributed by atoms with Gasteiger partial charge >= 0.3 is 0 Å². The van der Waals surface area contributed by atoms with Crippen LogP contribution in [0.25, 0.3) is 0 Å². The molecule has 3 unspecified atom stereocenters. The summed E-state index contributed by atoms with van der Waals surface area (Å²) in [6.07, 6.45) is 9.91. The Kier molecular flexibility index (Phi) is 3.92. The van der Waals surface area contributed by atoms with Crippen LogP contribution in [0.1, 0.15) is 66.2 Å². The average molecular weight is 289 g/mol. The lowest BCUT2D eigenvalue weighted by Gasteiger charge is -2.31. The van der Waals surface area contributed by atoms with Gasteiger partial charge in [0.05, 0.1) is 0 Å². The third kappa shape index (κ3) is 3.05. The fourth-order valence-corrected chi connectivity index (χ4v) is 4.17. The molecule has 0 N–H and O–H groups in total. The highest BCUT2D eigenvalue weighted by Crippen LogP contribution is 2.61. The van der Waals surface area contributed by atoms with Gasteiger partial charge in [-0.05, 0) is 76.5 Å². The van der Waals surface area contributed by atoms with E-state index in [1.807, 2.05) is 0 Å². The summed E-state index contributed by atoms with van der Waals surface area (Å²) in [5.41, 5.74) is 2.06. The molecule has 3 aliphatic carbocycles. The lowest BCUT2D eigenvalue weighted by molar-refractivity contribution is -0.134. The normalized spacial score (nSPS) is 35.6. The lowest BCUT2D eigenvalue weighted by atomic mass is 9.78. The predicted octanol–water partition coefficient (Wildman–Crippen LogP) is 4.41. The number of hydrogen-bond donors (Lipinski definition) is 0. The van der Waals surface area contributed by atoms with Gasteiger partial charge < -0.3 is 4.90 Å². The van der Waals surface area contributed by atoms with E-state index in [2.05, 4.69) is 38.7 Å². The van der Waals surface area contributed by atoms with Gasteiger partial charge in [-0.25, -0.2) is 0 Å². The van der Waals surface area contributed by atoms with E-state index in [-0.39, 0.29) is 0 Å². The van der Waals surface area contributed by atoms with Crippen LogP contribution in [-0.2, 0) is 4.79 Å². The highest BCUT2D eigenvalue weighted by molar-refractivity contribution is 5.81. The van der Waals surface area contributed by atoms with Crippen LogP contribution in [0, 0.1) is 23.2 Å². The predicted molar refractivity (Wildman–Crippen MR) is 86.9 cm³/mol. The van der Waals surface area contributed by atoms with Gasteiger partial charge in [-0.3, -0.25) is 4.79 Å². The summed E-state index contributed by atoms with van der Waals surface area (Å²) < 4.78 is 0. The highest BCUT2D eigenvalue weighted by atomic mass is 16.2. The fourth-order valence-electron chi connectivity index (χ4n) is 4.17. The molecule has 0 aromatic rings. The Morgan fingerprint density at radius 2 is 2.10 bits per heavy atom. The third-order valence-corrected chi connectivity index (χ3v) is 6.28. The maximum Gasteiger partial charge on any atom is 0.225 e. The number of amides is 1.